The number of anilines is 1. The first-order valence-electron chi connectivity index (χ1n) is 12.8. The molecule has 0 bridgehead atoms. The largest absolute Gasteiger partial charge is 0.381 e. The van der Waals surface area contributed by atoms with E-state index in [1.807, 2.05) is 25.3 Å². The average Bonchev–Trinajstić information content (AvgIpc) is 3.63. The van der Waals surface area contributed by atoms with Gasteiger partial charge >= 0.3 is 0 Å². The first kappa shape index (κ1) is 26.8. The molecule has 1 unspecified atom stereocenters. The maximum atomic E-state index is 13.3. The second-order valence-electron chi connectivity index (χ2n) is 9.52. The number of nitrogens with zero attached hydrogens (tertiary/aromatic N) is 4. The van der Waals surface area contributed by atoms with Crippen LogP contribution in [0.1, 0.15) is 40.2 Å². The third kappa shape index (κ3) is 6.63. The Morgan fingerprint density at radius 1 is 1.26 bits per heavy atom. The van der Waals surface area contributed by atoms with Crippen LogP contribution in [0.4, 0.5) is 5.95 Å². The molecule has 0 saturated carbocycles. The van der Waals surface area contributed by atoms with Gasteiger partial charge in [-0.25, -0.2) is 9.97 Å². The van der Waals surface area contributed by atoms with Gasteiger partial charge in [0.2, 0.25) is 5.95 Å². The van der Waals surface area contributed by atoms with Gasteiger partial charge in [-0.05, 0) is 44.0 Å². The molecule has 0 spiro atoms. The third-order valence-electron chi connectivity index (χ3n) is 6.54. The van der Waals surface area contributed by atoms with Crippen LogP contribution in [0.15, 0.2) is 61.3 Å². The molecule has 1 saturated heterocycles. The highest BCUT2D eigenvalue weighted by Gasteiger charge is 2.32. The number of aromatic amines is 1. The average molecular weight is 551 g/mol. The van der Waals surface area contributed by atoms with E-state index in [-0.39, 0.29) is 18.3 Å². The number of carbonyl (C=O) groups excluding carboxylic acids is 1. The molecule has 5 rings (SSSR count). The van der Waals surface area contributed by atoms with Crippen LogP contribution in [0.5, 0.6) is 0 Å². The first-order chi connectivity index (χ1) is 18.9. The number of hydrogen-bond acceptors (Lipinski definition) is 8. The normalized spacial score (nSPS) is 15.6. The molecule has 1 amide bonds. The summed E-state index contributed by atoms with van der Waals surface area (Å²) in [7, 11) is 0. The van der Waals surface area contributed by atoms with Crippen LogP contribution in [-0.4, -0.2) is 61.3 Å². The van der Waals surface area contributed by atoms with Gasteiger partial charge in [-0.1, -0.05) is 23.7 Å². The van der Waals surface area contributed by atoms with Crippen LogP contribution in [0.3, 0.4) is 0 Å². The Morgan fingerprint density at radius 2 is 2.10 bits per heavy atom. The summed E-state index contributed by atoms with van der Waals surface area (Å²) in [6.07, 6.45) is 8.42. The molecule has 4 aromatic rings. The number of aliphatic hydroxyl groups is 1. The number of benzene rings is 1. The molecule has 12 heteroatoms. The lowest BCUT2D eigenvalue weighted by atomic mass is 10.0. The molecule has 3 aromatic heterocycles. The zero-order valence-corrected chi connectivity index (χ0v) is 22.3. The van der Waals surface area contributed by atoms with Crippen molar-refractivity contribution in [2.45, 2.75) is 38.1 Å². The van der Waals surface area contributed by atoms with Crippen molar-refractivity contribution in [2.24, 2.45) is 0 Å². The number of H-pyrrole nitrogens is 1. The van der Waals surface area contributed by atoms with Gasteiger partial charge in [0, 0.05) is 72.8 Å². The molecule has 204 valence electrons. The zero-order valence-electron chi connectivity index (χ0n) is 21.5. The van der Waals surface area contributed by atoms with E-state index in [2.05, 4.69) is 35.9 Å². The Balaban J connectivity index is 1.32. The number of aryl methyl sites for hydroxylation is 1. The molecule has 1 aliphatic rings. The summed E-state index contributed by atoms with van der Waals surface area (Å²) in [6, 6.07) is 10.8. The van der Waals surface area contributed by atoms with Gasteiger partial charge in [0.15, 0.2) is 5.72 Å². The minimum absolute atomic E-state index is 0.0328. The van der Waals surface area contributed by atoms with Crippen molar-refractivity contribution in [1.82, 2.24) is 35.1 Å². The highest BCUT2D eigenvalue weighted by atomic mass is 35.5. The van der Waals surface area contributed by atoms with E-state index < -0.39 is 11.6 Å². The van der Waals surface area contributed by atoms with Crippen molar-refractivity contribution in [2.75, 3.05) is 25.1 Å². The van der Waals surface area contributed by atoms with Crippen molar-refractivity contribution in [3.63, 3.8) is 0 Å². The second kappa shape index (κ2) is 12.0. The number of amides is 1. The van der Waals surface area contributed by atoms with Crippen LogP contribution in [-0.2, 0) is 17.0 Å². The fraction of sp³-hybridized carbons (Fsp3) is 0.333. The molecule has 1 fully saturated rings. The number of aromatic nitrogens is 5. The Labute approximate surface area is 231 Å². The lowest BCUT2D eigenvalue weighted by Gasteiger charge is -2.30. The lowest BCUT2D eigenvalue weighted by molar-refractivity contribution is 0.00347. The van der Waals surface area contributed by atoms with Crippen molar-refractivity contribution in [3.05, 3.63) is 88.9 Å². The Bertz CT molecular complexity index is 1400. The summed E-state index contributed by atoms with van der Waals surface area (Å²) in [5.41, 5.74) is 0.582. The first-order valence-corrected chi connectivity index (χ1v) is 13.1. The quantitative estimate of drug-likeness (QED) is 0.190. The van der Waals surface area contributed by atoms with Gasteiger partial charge < -0.3 is 30.8 Å². The molecule has 39 heavy (non-hydrogen) atoms. The molecule has 1 aromatic carbocycles. The SMILES string of the molecule is Cc1cnc(NC2CCOCC2)nc1-n1cnc(C(=O)NC(O)(CNCc2ccc[nH]2)c2cccc(Cl)c2)c1. The summed E-state index contributed by atoms with van der Waals surface area (Å²) in [6.45, 7) is 3.81. The number of ether oxygens (including phenoxy) is 1. The molecule has 0 radical (unpaired) electrons. The number of rotatable bonds is 10. The maximum absolute atomic E-state index is 13.3. The van der Waals surface area contributed by atoms with Gasteiger partial charge in [0.05, 0.1) is 0 Å². The predicted octanol–water partition coefficient (Wildman–Crippen LogP) is 2.91. The highest BCUT2D eigenvalue weighted by molar-refractivity contribution is 6.30. The molecule has 0 aliphatic carbocycles. The van der Waals surface area contributed by atoms with Crippen LogP contribution < -0.4 is 16.0 Å². The van der Waals surface area contributed by atoms with Crippen LogP contribution in [0.25, 0.3) is 5.82 Å². The summed E-state index contributed by atoms with van der Waals surface area (Å²) in [5, 5.41) is 21.3. The standard InChI is InChI=1S/C27H31ClN8O3/c1-18-13-31-26(33-21-7-10-39-11-8-21)34-24(18)36-15-23(32-17-36)25(37)35-27(38,19-4-2-5-20(28)12-19)16-29-14-22-6-3-9-30-22/h2-6,9,12-13,15,17,21,29-30,38H,7-8,10-11,14,16H2,1H3,(H,35,37)(H,31,33,34). The third-order valence-corrected chi connectivity index (χ3v) is 6.78. The van der Waals surface area contributed by atoms with Gasteiger partial charge in [0.1, 0.15) is 17.8 Å². The molecule has 4 heterocycles. The van der Waals surface area contributed by atoms with Crippen molar-refractivity contribution < 1.29 is 14.6 Å². The summed E-state index contributed by atoms with van der Waals surface area (Å²) >= 11 is 6.19. The summed E-state index contributed by atoms with van der Waals surface area (Å²) < 4.78 is 7.09. The zero-order chi connectivity index (χ0) is 27.2. The van der Waals surface area contributed by atoms with E-state index in [0.717, 1.165) is 24.1 Å². The van der Waals surface area contributed by atoms with E-state index in [0.29, 0.717) is 42.1 Å². The van der Waals surface area contributed by atoms with Gasteiger partial charge in [-0.15, -0.1) is 0 Å². The van der Waals surface area contributed by atoms with E-state index >= 15 is 0 Å². The lowest BCUT2D eigenvalue weighted by Crippen LogP contribution is -2.52. The smallest absolute Gasteiger partial charge is 0.273 e. The number of hydrogen-bond donors (Lipinski definition) is 5. The molecule has 1 aliphatic heterocycles. The Hall–Kier alpha value is -3.77. The topological polar surface area (TPSA) is 142 Å². The Kier molecular flexibility index (Phi) is 8.22. The van der Waals surface area contributed by atoms with Gasteiger partial charge in [-0.3, -0.25) is 9.36 Å². The van der Waals surface area contributed by atoms with Crippen molar-refractivity contribution in [3.8, 4) is 5.82 Å². The summed E-state index contributed by atoms with van der Waals surface area (Å²) in [5.74, 6) is 0.555. The number of halogens is 1. The molecule has 1 atom stereocenters. The number of carbonyl (C=O) groups is 1. The fourth-order valence-electron chi connectivity index (χ4n) is 4.42. The van der Waals surface area contributed by atoms with Gasteiger partial charge in [0.25, 0.3) is 5.91 Å². The number of nitrogens with one attached hydrogen (secondary N) is 4. The Morgan fingerprint density at radius 3 is 2.87 bits per heavy atom. The molecule has 11 nitrogen and oxygen atoms in total. The van der Waals surface area contributed by atoms with Crippen LogP contribution in [0, 0.1) is 6.92 Å². The predicted molar refractivity (Wildman–Crippen MR) is 147 cm³/mol. The van der Waals surface area contributed by atoms with Crippen LogP contribution >= 0.6 is 11.6 Å². The molecular weight excluding hydrogens is 520 g/mol. The fourth-order valence-corrected chi connectivity index (χ4v) is 4.61. The molecule has 5 N–H and O–H groups in total. The maximum Gasteiger partial charge on any atom is 0.273 e. The van der Waals surface area contributed by atoms with Crippen molar-refractivity contribution >= 4 is 23.5 Å². The van der Waals surface area contributed by atoms with E-state index in [4.69, 9.17) is 16.3 Å². The summed E-state index contributed by atoms with van der Waals surface area (Å²) in [4.78, 5) is 29.8. The van der Waals surface area contributed by atoms with Crippen LogP contribution in [0.2, 0.25) is 5.02 Å². The minimum Gasteiger partial charge on any atom is -0.381 e. The highest BCUT2D eigenvalue weighted by Crippen LogP contribution is 2.23. The van der Waals surface area contributed by atoms with E-state index in [9.17, 15) is 9.90 Å². The van der Waals surface area contributed by atoms with Gasteiger partial charge in [-0.2, -0.15) is 4.98 Å². The minimum atomic E-state index is -1.75. The van der Waals surface area contributed by atoms with E-state index in [1.54, 1.807) is 41.2 Å². The number of imidazole rings is 1. The van der Waals surface area contributed by atoms with Crippen molar-refractivity contribution in [1.29, 1.82) is 0 Å². The second-order valence-corrected chi connectivity index (χ2v) is 9.96. The monoisotopic (exact) mass is 550 g/mol. The van der Waals surface area contributed by atoms with E-state index in [1.165, 1.54) is 6.33 Å². The molecular formula is C27H31ClN8O3.